The number of aryl methyl sites for hydroxylation is 1. The van der Waals surface area contributed by atoms with Gasteiger partial charge in [-0.05, 0) is 37.1 Å². The minimum absolute atomic E-state index is 0.00594. The van der Waals surface area contributed by atoms with Crippen LogP contribution >= 0.6 is 0 Å². The Morgan fingerprint density at radius 2 is 1.68 bits per heavy atom. The predicted molar refractivity (Wildman–Crippen MR) is 106 cm³/mol. The molecular formula is C21H24N2O5. The lowest BCUT2D eigenvalue weighted by Crippen LogP contribution is -2.47. The van der Waals surface area contributed by atoms with Gasteiger partial charge in [-0.3, -0.25) is 9.59 Å². The summed E-state index contributed by atoms with van der Waals surface area (Å²) >= 11 is 0. The van der Waals surface area contributed by atoms with Crippen molar-refractivity contribution in [1.29, 1.82) is 0 Å². The SMILES string of the molecule is COc1cc(NC(=O)C(NC(=O)c2ccc(C)cc2)C(C)C)ccc1C(=O)O. The molecule has 0 spiro atoms. The molecule has 28 heavy (non-hydrogen) atoms. The van der Waals surface area contributed by atoms with Crippen LogP contribution in [0.2, 0.25) is 0 Å². The number of hydrogen-bond acceptors (Lipinski definition) is 4. The van der Waals surface area contributed by atoms with Gasteiger partial charge in [-0.25, -0.2) is 4.79 Å². The summed E-state index contributed by atoms with van der Waals surface area (Å²) in [6.07, 6.45) is 0. The second kappa shape index (κ2) is 9.03. The Bertz CT molecular complexity index is 875. The molecule has 2 aromatic carbocycles. The number of carboxylic acid groups (broad SMARTS) is 1. The maximum Gasteiger partial charge on any atom is 0.339 e. The zero-order chi connectivity index (χ0) is 20.8. The van der Waals surface area contributed by atoms with Crippen molar-refractivity contribution in [3.63, 3.8) is 0 Å². The van der Waals surface area contributed by atoms with Gasteiger partial charge >= 0.3 is 5.97 Å². The van der Waals surface area contributed by atoms with E-state index in [0.29, 0.717) is 11.3 Å². The van der Waals surface area contributed by atoms with Crippen LogP contribution in [0, 0.1) is 12.8 Å². The number of carboxylic acids is 1. The number of anilines is 1. The lowest BCUT2D eigenvalue weighted by atomic mass is 10.0. The number of carbonyl (C=O) groups is 3. The lowest BCUT2D eigenvalue weighted by molar-refractivity contribution is -0.118. The van der Waals surface area contributed by atoms with E-state index in [0.717, 1.165) is 5.56 Å². The molecule has 7 nitrogen and oxygen atoms in total. The molecule has 0 saturated heterocycles. The van der Waals surface area contributed by atoms with Gasteiger partial charge in [0.2, 0.25) is 5.91 Å². The van der Waals surface area contributed by atoms with Crippen molar-refractivity contribution in [2.45, 2.75) is 26.8 Å². The number of aromatic carboxylic acids is 1. The first kappa shape index (κ1) is 21.0. The Hall–Kier alpha value is -3.35. The molecule has 7 heteroatoms. The fourth-order valence-corrected chi connectivity index (χ4v) is 2.63. The van der Waals surface area contributed by atoms with Gasteiger partial charge in [-0.15, -0.1) is 0 Å². The number of ether oxygens (including phenoxy) is 1. The summed E-state index contributed by atoms with van der Waals surface area (Å²) in [6.45, 7) is 5.58. The summed E-state index contributed by atoms with van der Waals surface area (Å²) < 4.78 is 5.07. The maximum absolute atomic E-state index is 12.7. The van der Waals surface area contributed by atoms with Gasteiger partial charge < -0.3 is 20.5 Å². The molecule has 0 fully saturated rings. The summed E-state index contributed by atoms with van der Waals surface area (Å²) in [5.41, 5.74) is 1.88. The van der Waals surface area contributed by atoms with E-state index in [9.17, 15) is 14.4 Å². The predicted octanol–water partition coefficient (Wildman–Crippen LogP) is 3.09. The van der Waals surface area contributed by atoms with Gasteiger partial charge in [0.25, 0.3) is 5.91 Å². The molecule has 2 rings (SSSR count). The van der Waals surface area contributed by atoms with Gasteiger partial charge in [-0.1, -0.05) is 31.5 Å². The number of hydrogen-bond donors (Lipinski definition) is 3. The van der Waals surface area contributed by atoms with Crippen molar-refractivity contribution in [3.05, 3.63) is 59.2 Å². The monoisotopic (exact) mass is 384 g/mol. The number of benzene rings is 2. The standard InChI is InChI=1S/C21H24N2O5/c1-12(2)18(23-19(24)14-7-5-13(3)6-8-14)20(25)22-15-9-10-16(21(26)27)17(11-15)28-4/h5-12,18H,1-4H3,(H,22,25)(H,23,24)(H,26,27). The van der Waals surface area contributed by atoms with Gasteiger partial charge in [-0.2, -0.15) is 0 Å². The van der Waals surface area contributed by atoms with E-state index in [1.165, 1.54) is 25.3 Å². The molecule has 1 atom stereocenters. The smallest absolute Gasteiger partial charge is 0.339 e. The van der Waals surface area contributed by atoms with Crippen molar-refractivity contribution in [2.24, 2.45) is 5.92 Å². The van der Waals surface area contributed by atoms with Crippen LogP contribution in [0.5, 0.6) is 5.75 Å². The lowest BCUT2D eigenvalue weighted by Gasteiger charge is -2.22. The molecule has 0 saturated carbocycles. The van der Waals surface area contributed by atoms with Crippen LogP contribution in [0.4, 0.5) is 5.69 Å². The summed E-state index contributed by atoms with van der Waals surface area (Å²) in [7, 11) is 1.35. The molecule has 0 bridgehead atoms. The van der Waals surface area contributed by atoms with Crippen molar-refractivity contribution >= 4 is 23.5 Å². The molecule has 0 heterocycles. The van der Waals surface area contributed by atoms with E-state index in [1.807, 2.05) is 32.9 Å². The molecule has 0 aliphatic carbocycles. The van der Waals surface area contributed by atoms with Crippen LogP contribution in [0.15, 0.2) is 42.5 Å². The zero-order valence-electron chi connectivity index (χ0n) is 16.3. The number of carbonyl (C=O) groups excluding carboxylic acids is 2. The van der Waals surface area contributed by atoms with Gasteiger partial charge in [0.05, 0.1) is 7.11 Å². The fraction of sp³-hybridized carbons (Fsp3) is 0.286. The number of rotatable bonds is 7. The second-order valence-corrected chi connectivity index (χ2v) is 6.77. The molecular weight excluding hydrogens is 360 g/mol. The largest absolute Gasteiger partial charge is 0.496 e. The van der Waals surface area contributed by atoms with Crippen LogP contribution in [0.1, 0.15) is 40.1 Å². The average molecular weight is 384 g/mol. The van der Waals surface area contributed by atoms with Crippen LogP contribution in [0.25, 0.3) is 0 Å². The van der Waals surface area contributed by atoms with E-state index in [1.54, 1.807) is 12.1 Å². The normalized spacial score (nSPS) is 11.6. The Labute approximate surface area is 163 Å². The third-order valence-corrected chi connectivity index (χ3v) is 4.25. The summed E-state index contributed by atoms with van der Waals surface area (Å²) in [6, 6.07) is 10.6. The van der Waals surface area contributed by atoms with Crippen molar-refractivity contribution < 1.29 is 24.2 Å². The quantitative estimate of drug-likeness (QED) is 0.680. The third kappa shape index (κ3) is 5.09. The number of amides is 2. The maximum atomic E-state index is 12.7. The van der Waals surface area contributed by atoms with Crippen molar-refractivity contribution in [3.8, 4) is 5.75 Å². The first-order chi connectivity index (χ1) is 13.2. The molecule has 1 unspecified atom stereocenters. The first-order valence-electron chi connectivity index (χ1n) is 8.82. The van der Waals surface area contributed by atoms with E-state index in [2.05, 4.69) is 10.6 Å². The minimum atomic E-state index is -1.12. The molecule has 0 radical (unpaired) electrons. The Morgan fingerprint density at radius 3 is 2.21 bits per heavy atom. The molecule has 0 aliphatic heterocycles. The van der Waals surface area contributed by atoms with E-state index in [-0.39, 0.29) is 23.1 Å². The summed E-state index contributed by atoms with van der Waals surface area (Å²) in [4.78, 5) is 36.4. The molecule has 2 aromatic rings. The highest BCUT2D eigenvalue weighted by atomic mass is 16.5. The number of methoxy groups -OCH3 is 1. The Balaban J connectivity index is 2.15. The Kier molecular flexibility index (Phi) is 6.76. The molecule has 0 aromatic heterocycles. The molecule has 148 valence electrons. The highest BCUT2D eigenvalue weighted by molar-refractivity contribution is 6.01. The number of nitrogens with one attached hydrogen (secondary N) is 2. The molecule has 3 N–H and O–H groups in total. The molecule has 0 aliphatic rings. The summed E-state index contributed by atoms with van der Waals surface area (Å²) in [5.74, 6) is -1.89. The van der Waals surface area contributed by atoms with Gasteiger partial charge in [0.15, 0.2) is 0 Å². The first-order valence-corrected chi connectivity index (χ1v) is 8.82. The molecule has 2 amide bonds. The highest BCUT2D eigenvalue weighted by Gasteiger charge is 2.25. The van der Waals surface area contributed by atoms with Gasteiger partial charge in [0, 0.05) is 17.3 Å². The van der Waals surface area contributed by atoms with Gasteiger partial charge in [0.1, 0.15) is 17.4 Å². The second-order valence-electron chi connectivity index (χ2n) is 6.77. The third-order valence-electron chi connectivity index (χ3n) is 4.25. The van der Waals surface area contributed by atoms with E-state index in [4.69, 9.17) is 9.84 Å². The van der Waals surface area contributed by atoms with Crippen LogP contribution in [0.3, 0.4) is 0 Å². The van der Waals surface area contributed by atoms with Crippen molar-refractivity contribution in [1.82, 2.24) is 5.32 Å². The van der Waals surface area contributed by atoms with Crippen LogP contribution in [-0.4, -0.2) is 36.0 Å². The fourth-order valence-electron chi connectivity index (χ4n) is 2.63. The zero-order valence-corrected chi connectivity index (χ0v) is 16.3. The van der Waals surface area contributed by atoms with E-state index >= 15 is 0 Å². The van der Waals surface area contributed by atoms with Crippen LogP contribution < -0.4 is 15.4 Å². The minimum Gasteiger partial charge on any atom is -0.496 e. The highest BCUT2D eigenvalue weighted by Crippen LogP contribution is 2.23. The Morgan fingerprint density at radius 1 is 1.04 bits per heavy atom. The van der Waals surface area contributed by atoms with Crippen LogP contribution in [-0.2, 0) is 4.79 Å². The topological polar surface area (TPSA) is 105 Å². The van der Waals surface area contributed by atoms with Crippen molar-refractivity contribution in [2.75, 3.05) is 12.4 Å². The van der Waals surface area contributed by atoms with E-state index < -0.39 is 17.9 Å². The average Bonchev–Trinajstić information content (AvgIpc) is 2.65. The summed E-state index contributed by atoms with van der Waals surface area (Å²) in [5, 5.41) is 14.6.